The zero-order chi connectivity index (χ0) is 12.3. The summed E-state index contributed by atoms with van der Waals surface area (Å²) in [6.45, 7) is 1.75. The highest BCUT2D eigenvalue weighted by molar-refractivity contribution is 9.10. The minimum absolute atomic E-state index is 0.0768. The Balaban J connectivity index is 2.08. The fraction of sp³-hybridized carbons (Fsp3) is 0.462. The van der Waals surface area contributed by atoms with Gasteiger partial charge in [0.1, 0.15) is 6.04 Å². The molecule has 1 unspecified atom stereocenters. The maximum atomic E-state index is 11.6. The van der Waals surface area contributed by atoms with Gasteiger partial charge in [-0.1, -0.05) is 34.1 Å². The summed E-state index contributed by atoms with van der Waals surface area (Å²) in [4.78, 5) is 13.8. The first-order chi connectivity index (χ1) is 8.22. The van der Waals surface area contributed by atoms with Crippen LogP contribution in [0.3, 0.4) is 0 Å². The maximum absolute atomic E-state index is 11.6. The van der Waals surface area contributed by atoms with Crippen molar-refractivity contribution in [2.45, 2.75) is 25.4 Å². The van der Waals surface area contributed by atoms with E-state index in [1.54, 1.807) is 0 Å². The minimum atomic E-state index is -0.116. The summed E-state index contributed by atoms with van der Waals surface area (Å²) in [5, 5.41) is 0. The Morgan fingerprint density at radius 1 is 1.53 bits per heavy atom. The third kappa shape index (κ3) is 2.87. The fourth-order valence-corrected chi connectivity index (χ4v) is 2.67. The number of carbonyl (C=O) groups excluding carboxylic acids is 1. The van der Waals surface area contributed by atoms with Gasteiger partial charge in [0.25, 0.3) is 0 Å². The molecule has 1 atom stereocenters. The number of carbonyl (C=O) groups is 1. The first kappa shape index (κ1) is 12.6. The van der Waals surface area contributed by atoms with Crippen LogP contribution in [0, 0.1) is 0 Å². The van der Waals surface area contributed by atoms with Crippen LogP contribution in [0.25, 0.3) is 0 Å². The fourth-order valence-electron chi connectivity index (χ4n) is 2.26. The third-order valence-corrected chi connectivity index (χ3v) is 3.94. The van der Waals surface area contributed by atoms with Gasteiger partial charge in [0, 0.05) is 11.0 Å². The van der Waals surface area contributed by atoms with E-state index in [0.29, 0.717) is 0 Å². The van der Waals surface area contributed by atoms with Gasteiger partial charge < -0.3 is 4.74 Å². The Hall–Kier alpha value is -0.870. The van der Waals surface area contributed by atoms with Gasteiger partial charge in [0.2, 0.25) is 0 Å². The molecule has 3 nitrogen and oxygen atoms in total. The summed E-state index contributed by atoms with van der Waals surface area (Å²) >= 11 is 3.53. The molecule has 0 aromatic heterocycles. The van der Waals surface area contributed by atoms with Crippen LogP contribution in [-0.2, 0) is 16.1 Å². The lowest BCUT2D eigenvalue weighted by molar-refractivity contribution is -0.146. The van der Waals surface area contributed by atoms with Crippen LogP contribution >= 0.6 is 15.9 Å². The number of likely N-dealkylation sites (tertiary alicyclic amines) is 1. The number of hydrogen-bond acceptors (Lipinski definition) is 3. The van der Waals surface area contributed by atoms with Gasteiger partial charge in [0.05, 0.1) is 7.11 Å². The van der Waals surface area contributed by atoms with Crippen LogP contribution in [0.15, 0.2) is 28.7 Å². The molecule has 0 bridgehead atoms. The maximum Gasteiger partial charge on any atom is 0.323 e. The van der Waals surface area contributed by atoms with E-state index in [2.05, 4.69) is 26.9 Å². The van der Waals surface area contributed by atoms with E-state index < -0.39 is 0 Å². The standard InChI is InChI=1S/C13H16BrNO2/c1-17-13(16)12-7-4-8-15(12)9-10-5-2-3-6-11(10)14/h2-3,5-6,12H,4,7-9H2,1H3. The van der Waals surface area contributed by atoms with Crippen LogP contribution in [0.1, 0.15) is 18.4 Å². The van der Waals surface area contributed by atoms with E-state index in [0.717, 1.165) is 30.4 Å². The Morgan fingerprint density at radius 2 is 2.29 bits per heavy atom. The van der Waals surface area contributed by atoms with Crippen molar-refractivity contribution in [1.29, 1.82) is 0 Å². The molecule has 1 aliphatic heterocycles. The molecular formula is C13H16BrNO2. The highest BCUT2D eigenvalue weighted by atomic mass is 79.9. The van der Waals surface area contributed by atoms with Crippen molar-refractivity contribution in [2.75, 3.05) is 13.7 Å². The quantitative estimate of drug-likeness (QED) is 0.803. The summed E-state index contributed by atoms with van der Waals surface area (Å²) in [6.07, 6.45) is 1.96. The van der Waals surface area contributed by atoms with Crippen LogP contribution in [-0.4, -0.2) is 30.6 Å². The van der Waals surface area contributed by atoms with Crippen molar-refractivity contribution in [3.05, 3.63) is 34.3 Å². The molecule has 1 aromatic rings. The molecule has 17 heavy (non-hydrogen) atoms. The highest BCUT2D eigenvalue weighted by Gasteiger charge is 2.31. The lowest BCUT2D eigenvalue weighted by Crippen LogP contribution is -2.36. The molecule has 4 heteroatoms. The number of rotatable bonds is 3. The second kappa shape index (κ2) is 5.65. The monoisotopic (exact) mass is 297 g/mol. The number of benzene rings is 1. The summed E-state index contributed by atoms with van der Waals surface area (Å²) < 4.78 is 5.93. The molecule has 0 spiro atoms. The molecular weight excluding hydrogens is 282 g/mol. The lowest BCUT2D eigenvalue weighted by Gasteiger charge is -2.22. The number of methoxy groups -OCH3 is 1. The molecule has 92 valence electrons. The molecule has 1 aliphatic rings. The van der Waals surface area contributed by atoms with Crippen molar-refractivity contribution >= 4 is 21.9 Å². The predicted octanol–water partition coefficient (Wildman–Crippen LogP) is 2.59. The average molecular weight is 298 g/mol. The summed E-state index contributed by atoms with van der Waals surface area (Å²) in [5.41, 5.74) is 1.21. The number of hydrogen-bond donors (Lipinski definition) is 0. The number of halogens is 1. The molecule has 0 N–H and O–H groups in total. The van der Waals surface area contributed by atoms with Crippen LogP contribution in [0.2, 0.25) is 0 Å². The van der Waals surface area contributed by atoms with Crippen molar-refractivity contribution in [1.82, 2.24) is 4.90 Å². The Kier molecular flexibility index (Phi) is 4.18. The van der Waals surface area contributed by atoms with Crippen molar-refractivity contribution in [2.24, 2.45) is 0 Å². The van der Waals surface area contributed by atoms with E-state index in [1.807, 2.05) is 18.2 Å². The first-order valence-corrected chi connectivity index (χ1v) is 6.57. The topological polar surface area (TPSA) is 29.5 Å². The molecule has 0 amide bonds. The van der Waals surface area contributed by atoms with E-state index in [1.165, 1.54) is 12.7 Å². The van der Waals surface area contributed by atoms with E-state index in [9.17, 15) is 4.79 Å². The number of nitrogens with zero attached hydrogens (tertiary/aromatic N) is 1. The molecule has 1 aromatic carbocycles. The van der Waals surface area contributed by atoms with Crippen molar-refractivity contribution < 1.29 is 9.53 Å². The van der Waals surface area contributed by atoms with Gasteiger partial charge in [-0.3, -0.25) is 9.69 Å². The molecule has 1 saturated heterocycles. The summed E-state index contributed by atoms with van der Waals surface area (Å²) in [5.74, 6) is -0.116. The Bertz CT molecular complexity index is 408. The van der Waals surface area contributed by atoms with Gasteiger partial charge in [-0.05, 0) is 31.0 Å². The zero-order valence-electron chi connectivity index (χ0n) is 9.86. The predicted molar refractivity (Wildman–Crippen MR) is 69.6 cm³/mol. The smallest absolute Gasteiger partial charge is 0.323 e. The second-order valence-electron chi connectivity index (χ2n) is 4.24. The number of esters is 1. The SMILES string of the molecule is COC(=O)C1CCCN1Cc1ccccc1Br. The zero-order valence-corrected chi connectivity index (χ0v) is 11.4. The molecule has 0 aliphatic carbocycles. The highest BCUT2D eigenvalue weighted by Crippen LogP contribution is 2.24. The van der Waals surface area contributed by atoms with Gasteiger partial charge in [-0.2, -0.15) is 0 Å². The molecule has 1 fully saturated rings. The van der Waals surface area contributed by atoms with Crippen LogP contribution in [0.4, 0.5) is 0 Å². The van der Waals surface area contributed by atoms with Gasteiger partial charge in [-0.25, -0.2) is 0 Å². The molecule has 0 radical (unpaired) electrons. The minimum Gasteiger partial charge on any atom is -0.468 e. The van der Waals surface area contributed by atoms with Crippen LogP contribution < -0.4 is 0 Å². The number of ether oxygens (including phenoxy) is 1. The Labute approximate surface area is 110 Å². The van der Waals surface area contributed by atoms with Crippen molar-refractivity contribution in [3.63, 3.8) is 0 Å². The van der Waals surface area contributed by atoms with E-state index in [-0.39, 0.29) is 12.0 Å². The van der Waals surface area contributed by atoms with Gasteiger partial charge >= 0.3 is 5.97 Å². The molecule has 1 heterocycles. The van der Waals surface area contributed by atoms with E-state index in [4.69, 9.17) is 4.74 Å². The lowest BCUT2D eigenvalue weighted by atomic mass is 10.2. The average Bonchev–Trinajstić information content (AvgIpc) is 2.79. The summed E-state index contributed by atoms with van der Waals surface area (Å²) in [7, 11) is 1.46. The normalized spacial score (nSPS) is 20.5. The van der Waals surface area contributed by atoms with Gasteiger partial charge in [0.15, 0.2) is 0 Å². The van der Waals surface area contributed by atoms with Crippen LogP contribution in [0.5, 0.6) is 0 Å². The molecule has 2 rings (SSSR count). The third-order valence-electron chi connectivity index (χ3n) is 3.17. The summed E-state index contributed by atoms with van der Waals surface area (Å²) in [6, 6.07) is 8.04. The first-order valence-electron chi connectivity index (χ1n) is 5.77. The van der Waals surface area contributed by atoms with Crippen molar-refractivity contribution in [3.8, 4) is 0 Å². The molecule has 0 saturated carbocycles. The van der Waals surface area contributed by atoms with E-state index >= 15 is 0 Å². The van der Waals surface area contributed by atoms with Gasteiger partial charge in [-0.15, -0.1) is 0 Å². The second-order valence-corrected chi connectivity index (χ2v) is 5.10. The largest absolute Gasteiger partial charge is 0.468 e. The Morgan fingerprint density at radius 3 is 3.00 bits per heavy atom.